The number of aromatic nitrogens is 4. The maximum atomic E-state index is 10.3. The van der Waals surface area contributed by atoms with E-state index in [4.69, 9.17) is 0 Å². The first-order valence-electron chi connectivity index (χ1n) is 5.73. The van der Waals surface area contributed by atoms with Gasteiger partial charge in [-0.1, -0.05) is 19.3 Å². The van der Waals surface area contributed by atoms with Crippen LogP contribution in [-0.4, -0.2) is 42.1 Å². The van der Waals surface area contributed by atoms with Crippen molar-refractivity contribution < 1.29 is 10.2 Å². The highest BCUT2D eigenvalue weighted by Gasteiger charge is 2.37. The Morgan fingerprint density at radius 3 is 2.62 bits per heavy atom. The van der Waals surface area contributed by atoms with E-state index in [1.54, 1.807) is 7.05 Å². The molecule has 1 fully saturated rings. The van der Waals surface area contributed by atoms with Crippen molar-refractivity contribution in [2.75, 3.05) is 0 Å². The molecule has 1 aromatic heterocycles. The summed E-state index contributed by atoms with van der Waals surface area (Å²) in [4.78, 5) is 1.35. The van der Waals surface area contributed by atoms with Crippen molar-refractivity contribution in [3.63, 3.8) is 0 Å². The Morgan fingerprint density at radius 2 is 2.06 bits per heavy atom. The number of hydrogen-bond acceptors (Lipinski definition) is 5. The van der Waals surface area contributed by atoms with Crippen LogP contribution in [0.3, 0.4) is 0 Å². The van der Waals surface area contributed by atoms with Crippen molar-refractivity contribution in [3.05, 3.63) is 5.82 Å². The Kier molecular flexibility index (Phi) is 3.20. The summed E-state index contributed by atoms with van der Waals surface area (Å²) in [7, 11) is 1.68. The Balaban J connectivity index is 1.98. The van der Waals surface area contributed by atoms with Gasteiger partial charge >= 0.3 is 0 Å². The molecule has 0 saturated heterocycles. The lowest BCUT2D eigenvalue weighted by Gasteiger charge is -2.35. The lowest BCUT2D eigenvalue weighted by atomic mass is 9.80. The van der Waals surface area contributed by atoms with Crippen LogP contribution < -0.4 is 0 Å². The molecule has 2 N–H and O–H groups in total. The quantitative estimate of drug-likeness (QED) is 0.746. The molecular weight excluding hydrogens is 208 g/mol. The molecule has 0 bridgehead atoms. The van der Waals surface area contributed by atoms with E-state index in [1.165, 1.54) is 4.80 Å². The smallest absolute Gasteiger partial charge is 0.177 e. The summed E-state index contributed by atoms with van der Waals surface area (Å²) >= 11 is 0. The van der Waals surface area contributed by atoms with Crippen LogP contribution in [0.5, 0.6) is 0 Å². The first-order valence-corrected chi connectivity index (χ1v) is 5.73. The molecule has 2 rings (SSSR count). The fraction of sp³-hybridized carbons (Fsp3) is 0.900. The second-order valence-electron chi connectivity index (χ2n) is 4.58. The van der Waals surface area contributed by atoms with Crippen LogP contribution in [-0.2, 0) is 13.5 Å². The molecule has 0 radical (unpaired) electrons. The fourth-order valence-electron chi connectivity index (χ4n) is 2.27. The number of nitrogens with zero attached hydrogens (tertiary/aromatic N) is 4. The zero-order valence-electron chi connectivity index (χ0n) is 9.50. The van der Waals surface area contributed by atoms with Gasteiger partial charge in [0.1, 0.15) is 0 Å². The summed E-state index contributed by atoms with van der Waals surface area (Å²) in [5, 5.41) is 31.8. The van der Waals surface area contributed by atoms with Gasteiger partial charge in [-0.15, -0.1) is 10.2 Å². The van der Waals surface area contributed by atoms with E-state index in [-0.39, 0.29) is 6.42 Å². The molecule has 0 spiro atoms. The first-order chi connectivity index (χ1) is 7.60. The molecule has 1 heterocycles. The molecular formula is C10H18N4O2. The summed E-state index contributed by atoms with van der Waals surface area (Å²) in [6.07, 6.45) is 3.88. The first kappa shape index (κ1) is 11.5. The minimum absolute atomic E-state index is 0.268. The van der Waals surface area contributed by atoms with E-state index >= 15 is 0 Å². The van der Waals surface area contributed by atoms with Crippen molar-refractivity contribution in [1.82, 2.24) is 20.2 Å². The van der Waals surface area contributed by atoms with Gasteiger partial charge < -0.3 is 10.2 Å². The zero-order valence-corrected chi connectivity index (χ0v) is 9.50. The molecule has 1 atom stereocenters. The molecule has 0 aliphatic heterocycles. The molecule has 6 heteroatoms. The van der Waals surface area contributed by atoms with Crippen LogP contribution in [0.1, 0.15) is 37.9 Å². The number of aliphatic hydroxyl groups excluding tert-OH is 1. The minimum atomic E-state index is -0.961. The maximum Gasteiger partial charge on any atom is 0.177 e. The van der Waals surface area contributed by atoms with Gasteiger partial charge in [-0.05, 0) is 18.1 Å². The molecule has 1 unspecified atom stereocenters. The fourth-order valence-corrected chi connectivity index (χ4v) is 2.27. The van der Waals surface area contributed by atoms with E-state index in [9.17, 15) is 10.2 Å². The Hall–Kier alpha value is -1.01. The third kappa shape index (κ3) is 2.38. The van der Waals surface area contributed by atoms with Crippen LogP contribution in [0.15, 0.2) is 0 Å². The van der Waals surface area contributed by atoms with Crippen molar-refractivity contribution in [2.45, 2.75) is 50.2 Å². The van der Waals surface area contributed by atoms with Gasteiger partial charge in [0.15, 0.2) is 5.82 Å². The summed E-state index contributed by atoms with van der Waals surface area (Å²) in [5.41, 5.74) is -0.961. The van der Waals surface area contributed by atoms with E-state index in [0.717, 1.165) is 19.3 Å². The standard InChI is InChI=1S/C10H18N4O2/c1-14-12-9(11-13-14)7-8(15)10(16)5-3-2-4-6-10/h8,15-16H,2-7H2,1H3. The topological polar surface area (TPSA) is 84.1 Å². The van der Waals surface area contributed by atoms with Crippen molar-refractivity contribution in [1.29, 1.82) is 0 Å². The molecule has 16 heavy (non-hydrogen) atoms. The SMILES string of the molecule is Cn1nnc(CC(O)C2(O)CCCCC2)n1. The number of aryl methyl sites for hydroxylation is 1. The predicted octanol–water partition coefficient (Wildman–Crippen LogP) is -0.191. The van der Waals surface area contributed by atoms with Crippen LogP contribution in [0.4, 0.5) is 0 Å². The monoisotopic (exact) mass is 226 g/mol. The highest BCUT2D eigenvalue weighted by molar-refractivity contribution is 4.94. The van der Waals surface area contributed by atoms with Gasteiger partial charge in [0.25, 0.3) is 0 Å². The van der Waals surface area contributed by atoms with Crippen LogP contribution >= 0.6 is 0 Å². The summed E-state index contributed by atoms with van der Waals surface area (Å²) in [6.45, 7) is 0. The third-order valence-electron chi connectivity index (χ3n) is 3.27. The zero-order chi connectivity index (χ0) is 11.6. The van der Waals surface area contributed by atoms with Gasteiger partial charge in [0.05, 0.1) is 18.8 Å². The second kappa shape index (κ2) is 4.47. The van der Waals surface area contributed by atoms with E-state index in [1.807, 2.05) is 0 Å². The average Bonchev–Trinajstić information content (AvgIpc) is 2.65. The van der Waals surface area contributed by atoms with Gasteiger partial charge in [-0.25, -0.2) is 0 Å². The summed E-state index contributed by atoms with van der Waals surface area (Å²) in [6, 6.07) is 0. The largest absolute Gasteiger partial charge is 0.390 e. The molecule has 1 aromatic rings. The highest BCUT2D eigenvalue weighted by Crippen LogP contribution is 2.31. The van der Waals surface area contributed by atoms with Crippen molar-refractivity contribution in [2.24, 2.45) is 7.05 Å². The van der Waals surface area contributed by atoms with Crippen LogP contribution in [0.2, 0.25) is 0 Å². The van der Waals surface area contributed by atoms with Crippen LogP contribution in [0, 0.1) is 0 Å². The number of tetrazole rings is 1. The Bertz CT molecular complexity index is 346. The summed E-state index contributed by atoms with van der Waals surface area (Å²) in [5.74, 6) is 0.481. The Labute approximate surface area is 94.3 Å². The highest BCUT2D eigenvalue weighted by atomic mass is 16.3. The number of hydrogen-bond donors (Lipinski definition) is 2. The van der Waals surface area contributed by atoms with Gasteiger partial charge in [0, 0.05) is 6.42 Å². The van der Waals surface area contributed by atoms with Crippen molar-refractivity contribution in [3.8, 4) is 0 Å². The van der Waals surface area contributed by atoms with E-state index < -0.39 is 11.7 Å². The lowest BCUT2D eigenvalue weighted by molar-refractivity contribution is -0.0967. The summed E-state index contributed by atoms with van der Waals surface area (Å²) < 4.78 is 0. The average molecular weight is 226 g/mol. The Morgan fingerprint density at radius 1 is 1.38 bits per heavy atom. The van der Waals surface area contributed by atoms with Crippen LogP contribution in [0.25, 0.3) is 0 Å². The molecule has 1 saturated carbocycles. The second-order valence-corrected chi connectivity index (χ2v) is 4.58. The molecule has 0 amide bonds. The van der Waals surface area contributed by atoms with Crippen molar-refractivity contribution >= 4 is 0 Å². The number of aliphatic hydroxyl groups is 2. The van der Waals surface area contributed by atoms with Gasteiger partial charge in [-0.2, -0.15) is 4.80 Å². The minimum Gasteiger partial charge on any atom is -0.390 e. The molecule has 0 aromatic carbocycles. The lowest BCUT2D eigenvalue weighted by Crippen LogP contribution is -2.45. The molecule has 1 aliphatic carbocycles. The molecule has 90 valence electrons. The third-order valence-corrected chi connectivity index (χ3v) is 3.27. The molecule has 1 aliphatic rings. The molecule has 6 nitrogen and oxygen atoms in total. The maximum absolute atomic E-state index is 10.3. The van der Waals surface area contributed by atoms with E-state index in [0.29, 0.717) is 18.7 Å². The number of rotatable bonds is 3. The van der Waals surface area contributed by atoms with E-state index in [2.05, 4.69) is 15.4 Å². The van der Waals surface area contributed by atoms with Gasteiger partial charge in [-0.3, -0.25) is 0 Å². The predicted molar refractivity (Wildman–Crippen MR) is 56.5 cm³/mol. The normalized spacial score (nSPS) is 21.9. The van der Waals surface area contributed by atoms with Gasteiger partial charge in [0.2, 0.25) is 0 Å².